The fraction of sp³-hybridized carbons (Fsp3) is 0.357. The van der Waals surface area contributed by atoms with Crippen molar-refractivity contribution >= 4 is 15.7 Å². The Labute approximate surface area is 124 Å². The highest BCUT2D eigenvalue weighted by Crippen LogP contribution is 2.17. The molecule has 0 spiro atoms. The van der Waals surface area contributed by atoms with E-state index in [1.165, 1.54) is 12.5 Å². The van der Waals surface area contributed by atoms with Crippen molar-refractivity contribution in [2.24, 2.45) is 0 Å². The molecule has 6 nitrogen and oxygen atoms in total. The quantitative estimate of drug-likeness (QED) is 0.814. The van der Waals surface area contributed by atoms with Crippen LogP contribution >= 0.6 is 0 Å². The van der Waals surface area contributed by atoms with Crippen molar-refractivity contribution in [3.8, 4) is 0 Å². The van der Waals surface area contributed by atoms with Crippen molar-refractivity contribution in [1.82, 2.24) is 9.55 Å². The number of sulfonamides is 1. The van der Waals surface area contributed by atoms with Gasteiger partial charge in [0.2, 0.25) is 0 Å². The highest BCUT2D eigenvalue weighted by atomic mass is 32.2. The zero-order chi connectivity index (χ0) is 15.3. The van der Waals surface area contributed by atoms with E-state index in [1.807, 2.05) is 13.0 Å². The van der Waals surface area contributed by atoms with Gasteiger partial charge >= 0.3 is 0 Å². The minimum Gasteiger partial charge on any atom is -0.396 e. The van der Waals surface area contributed by atoms with Gasteiger partial charge in [0.1, 0.15) is 0 Å². The van der Waals surface area contributed by atoms with E-state index in [1.54, 1.807) is 22.8 Å². The Morgan fingerprint density at radius 2 is 2.19 bits per heavy atom. The molecule has 0 unspecified atom stereocenters. The fourth-order valence-corrected chi connectivity index (χ4v) is 2.93. The molecule has 1 aromatic heterocycles. The summed E-state index contributed by atoms with van der Waals surface area (Å²) in [6.07, 6.45) is 4.35. The van der Waals surface area contributed by atoms with Gasteiger partial charge in [-0.3, -0.25) is 4.72 Å². The Kier molecular flexibility index (Phi) is 4.98. The number of aliphatic hydroxyl groups excluding tert-OH is 1. The summed E-state index contributed by atoms with van der Waals surface area (Å²) in [6.45, 7) is 2.69. The lowest BCUT2D eigenvalue weighted by atomic mass is 10.1. The molecule has 21 heavy (non-hydrogen) atoms. The lowest BCUT2D eigenvalue weighted by molar-refractivity contribution is 0.288. The maximum Gasteiger partial charge on any atom is 0.280 e. The highest BCUT2D eigenvalue weighted by molar-refractivity contribution is 7.92. The van der Waals surface area contributed by atoms with Crippen LogP contribution in [0.4, 0.5) is 5.69 Å². The number of rotatable bonds is 7. The van der Waals surface area contributed by atoms with E-state index in [-0.39, 0.29) is 11.6 Å². The molecule has 0 aliphatic heterocycles. The number of hydrogen-bond donors (Lipinski definition) is 2. The Hall–Kier alpha value is -1.86. The second kappa shape index (κ2) is 6.73. The van der Waals surface area contributed by atoms with E-state index >= 15 is 0 Å². The molecule has 114 valence electrons. The normalized spacial score (nSPS) is 11.5. The second-order valence-electron chi connectivity index (χ2n) is 4.68. The highest BCUT2D eigenvalue weighted by Gasteiger charge is 2.17. The van der Waals surface area contributed by atoms with Crippen LogP contribution in [0.1, 0.15) is 18.9 Å². The smallest absolute Gasteiger partial charge is 0.280 e. The summed E-state index contributed by atoms with van der Waals surface area (Å²) >= 11 is 0. The molecule has 0 aliphatic rings. The number of benzene rings is 1. The number of hydrogen-bond acceptors (Lipinski definition) is 4. The van der Waals surface area contributed by atoms with E-state index in [0.29, 0.717) is 25.1 Å². The van der Waals surface area contributed by atoms with Gasteiger partial charge in [0, 0.05) is 25.0 Å². The van der Waals surface area contributed by atoms with E-state index < -0.39 is 10.0 Å². The van der Waals surface area contributed by atoms with Gasteiger partial charge in [0.05, 0.1) is 6.33 Å². The minimum atomic E-state index is -3.67. The molecule has 7 heteroatoms. The average molecular weight is 309 g/mol. The molecule has 0 amide bonds. The summed E-state index contributed by atoms with van der Waals surface area (Å²) in [5, 5.41) is 8.84. The van der Waals surface area contributed by atoms with Gasteiger partial charge in [-0.1, -0.05) is 12.1 Å². The van der Waals surface area contributed by atoms with Gasteiger partial charge in [-0.15, -0.1) is 0 Å². The van der Waals surface area contributed by atoms with Crippen LogP contribution in [-0.4, -0.2) is 29.7 Å². The van der Waals surface area contributed by atoms with E-state index in [2.05, 4.69) is 9.71 Å². The summed E-state index contributed by atoms with van der Waals surface area (Å²) in [5.41, 5.74) is 1.47. The molecule has 0 radical (unpaired) electrons. The molecule has 1 heterocycles. The first-order valence-electron chi connectivity index (χ1n) is 6.79. The molecule has 0 bridgehead atoms. The zero-order valence-electron chi connectivity index (χ0n) is 11.9. The predicted octanol–water partition coefficient (Wildman–Crippen LogP) is 1.63. The van der Waals surface area contributed by atoms with E-state index in [0.717, 1.165) is 5.56 Å². The van der Waals surface area contributed by atoms with Crippen molar-refractivity contribution < 1.29 is 13.5 Å². The molecular formula is C14H19N3O3S. The van der Waals surface area contributed by atoms with Gasteiger partial charge in [-0.25, -0.2) is 4.98 Å². The average Bonchev–Trinajstić information content (AvgIpc) is 2.95. The molecule has 0 atom stereocenters. The standard InChI is InChI=1S/C14H19N3O3S/c1-2-17-10-14(15-11-17)21(19,20)16-13-7-3-5-12(9-13)6-4-8-18/h3,5,7,9-11,16,18H,2,4,6,8H2,1H3. The number of anilines is 1. The summed E-state index contributed by atoms with van der Waals surface area (Å²) in [6, 6.07) is 7.15. The molecule has 0 saturated heterocycles. The van der Waals surface area contributed by atoms with Gasteiger partial charge in [0.25, 0.3) is 10.0 Å². The van der Waals surface area contributed by atoms with Gasteiger partial charge in [-0.2, -0.15) is 8.42 Å². The van der Waals surface area contributed by atoms with Crippen molar-refractivity contribution in [1.29, 1.82) is 0 Å². The first-order valence-corrected chi connectivity index (χ1v) is 8.28. The molecule has 0 aliphatic carbocycles. The number of nitrogens with one attached hydrogen (secondary N) is 1. The second-order valence-corrected chi connectivity index (χ2v) is 6.30. The van der Waals surface area contributed by atoms with Gasteiger partial charge < -0.3 is 9.67 Å². The van der Waals surface area contributed by atoms with Gasteiger partial charge in [0.15, 0.2) is 5.03 Å². The lowest BCUT2D eigenvalue weighted by Gasteiger charge is -2.07. The molecule has 2 aromatic rings. The van der Waals surface area contributed by atoms with Crippen LogP contribution in [0.5, 0.6) is 0 Å². The number of aliphatic hydroxyl groups is 1. The zero-order valence-corrected chi connectivity index (χ0v) is 12.7. The van der Waals surface area contributed by atoms with Crippen molar-refractivity contribution in [3.63, 3.8) is 0 Å². The van der Waals surface area contributed by atoms with Crippen LogP contribution in [0.25, 0.3) is 0 Å². The van der Waals surface area contributed by atoms with Gasteiger partial charge in [-0.05, 0) is 37.5 Å². The summed E-state index contributed by atoms with van der Waals surface area (Å²) in [7, 11) is -3.67. The third kappa shape index (κ3) is 4.05. The third-order valence-electron chi connectivity index (χ3n) is 3.05. The first-order chi connectivity index (χ1) is 10.0. The lowest BCUT2D eigenvalue weighted by Crippen LogP contribution is -2.13. The Morgan fingerprint density at radius 3 is 2.86 bits per heavy atom. The summed E-state index contributed by atoms with van der Waals surface area (Å²) < 4.78 is 28.7. The van der Waals surface area contributed by atoms with Crippen LogP contribution in [0.3, 0.4) is 0 Å². The molecule has 2 rings (SSSR count). The largest absolute Gasteiger partial charge is 0.396 e. The Morgan fingerprint density at radius 1 is 1.38 bits per heavy atom. The van der Waals surface area contributed by atoms with Crippen LogP contribution in [0, 0.1) is 0 Å². The minimum absolute atomic E-state index is 0.00473. The van der Waals surface area contributed by atoms with Crippen molar-refractivity contribution in [2.75, 3.05) is 11.3 Å². The maximum atomic E-state index is 12.2. The number of imidazole rings is 1. The monoisotopic (exact) mass is 309 g/mol. The van der Waals surface area contributed by atoms with Crippen LogP contribution in [0.2, 0.25) is 0 Å². The number of aromatic nitrogens is 2. The van der Waals surface area contributed by atoms with Crippen LogP contribution in [-0.2, 0) is 23.0 Å². The molecule has 0 fully saturated rings. The van der Waals surface area contributed by atoms with Crippen LogP contribution in [0.15, 0.2) is 41.8 Å². The topological polar surface area (TPSA) is 84.2 Å². The van der Waals surface area contributed by atoms with E-state index in [9.17, 15) is 8.42 Å². The van der Waals surface area contributed by atoms with Crippen molar-refractivity contribution in [2.45, 2.75) is 31.3 Å². The number of nitrogens with zero attached hydrogens (tertiary/aromatic N) is 2. The van der Waals surface area contributed by atoms with Crippen molar-refractivity contribution in [3.05, 3.63) is 42.4 Å². The predicted molar refractivity (Wildman–Crippen MR) is 80.6 cm³/mol. The first kappa shape index (κ1) is 15.5. The van der Waals surface area contributed by atoms with Crippen LogP contribution < -0.4 is 4.72 Å². The number of aryl methyl sites for hydroxylation is 2. The maximum absolute atomic E-state index is 12.2. The summed E-state index contributed by atoms with van der Waals surface area (Å²) in [4.78, 5) is 3.91. The van der Waals surface area contributed by atoms with E-state index in [4.69, 9.17) is 5.11 Å². The Balaban J connectivity index is 2.16. The Bertz CT molecular complexity index is 695. The SMILES string of the molecule is CCn1cnc(S(=O)(=O)Nc2cccc(CCCO)c2)c1. The molecule has 2 N–H and O–H groups in total. The fourth-order valence-electron chi connectivity index (χ4n) is 1.93. The third-order valence-corrected chi connectivity index (χ3v) is 4.32. The molecular weight excluding hydrogens is 290 g/mol. The molecule has 1 aromatic carbocycles. The molecule has 0 saturated carbocycles. The summed E-state index contributed by atoms with van der Waals surface area (Å²) in [5.74, 6) is 0.